The Hall–Kier alpha value is -3.14. The van der Waals surface area contributed by atoms with Gasteiger partial charge in [-0.05, 0) is 28.8 Å². The quantitative estimate of drug-likeness (QED) is 0.487. The lowest BCUT2D eigenvalue weighted by molar-refractivity contribution is -0.253. The molecular formula is C29H33N3O5. The first-order valence-corrected chi connectivity index (χ1v) is 12.8. The molecule has 0 radical (unpaired) electrons. The lowest BCUT2D eigenvalue weighted by Crippen LogP contribution is -2.44. The van der Waals surface area contributed by atoms with Crippen molar-refractivity contribution in [2.24, 2.45) is 0 Å². The van der Waals surface area contributed by atoms with Crippen LogP contribution in [0.15, 0.2) is 73.1 Å². The molecule has 2 saturated heterocycles. The number of aromatic nitrogens is 1. The van der Waals surface area contributed by atoms with E-state index >= 15 is 0 Å². The second-order valence-electron chi connectivity index (χ2n) is 9.43. The van der Waals surface area contributed by atoms with Crippen molar-refractivity contribution in [3.63, 3.8) is 0 Å². The molecule has 2 N–H and O–H groups in total. The van der Waals surface area contributed by atoms with Crippen molar-refractivity contribution in [3.05, 3.63) is 101 Å². The van der Waals surface area contributed by atoms with E-state index in [1.807, 2.05) is 48.5 Å². The molecule has 2 aliphatic heterocycles. The van der Waals surface area contributed by atoms with Gasteiger partial charge in [-0.2, -0.15) is 0 Å². The van der Waals surface area contributed by atoms with Gasteiger partial charge in [0, 0.05) is 50.6 Å². The van der Waals surface area contributed by atoms with E-state index in [1.54, 1.807) is 24.5 Å². The van der Waals surface area contributed by atoms with Crippen molar-refractivity contribution in [2.45, 2.75) is 38.1 Å². The zero-order valence-electron chi connectivity index (χ0n) is 20.8. The minimum atomic E-state index is -0.499. The van der Waals surface area contributed by atoms with Crippen LogP contribution in [0.2, 0.25) is 0 Å². The van der Waals surface area contributed by atoms with E-state index < -0.39 is 6.29 Å². The minimum absolute atomic E-state index is 0.0119. The fraction of sp³-hybridized carbons (Fsp3) is 0.379. The van der Waals surface area contributed by atoms with Gasteiger partial charge in [0.2, 0.25) is 0 Å². The standard InChI is InChI=1S/C29H33N3O5/c33-20-22-5-7-23(8-6-22)27-16-26(19-32-12-14-35-15-13-32)36-29(37-27)24-9-3-21(4-10-24)17-31-28(34)25-2-1-11-30-18-25/h1-11,18,26-27,29,33H,12-17,19-20H2,(H,31,34). The monoisotopic (exact) mass is 503 g/mol. The molecule has 0 saturated carbocycles. The van der Waals surface area contributed by atoms with E-state index in [2.05, 4.69) is 15.2 Å². The number of benzene rings is 2. The Labute approximate surface area is 217 Å². The molecule has 2 fully saturated rings. The summed E-state index contributed by atoms with van der Waals surface area (Å²) in [6, 6.07) is 19.4. The average molecular weight is 504 g/mol. The summed E-state index contributed by atoms with van der Waals surface area (Å²) in [4.78, 5) is 18.7. The number of hydrogen-bond donors (Lipinski definition) is 2. The van der Waals surface area contributed by atoms with Gasteiger partial charge in [-0.1, -0.05) is 48.5 Å². The highest BCUT2D eigenvalue weighted by atomic mass is 16.7. The van der Waals surface area contributed by atoms with Crippen LogP contribution in [0.5, 0.6) is 0 Å². The number of hydrogen-bond acceptors (Lipinski definition) is 7. The summed E-state index contributed by atoms with van der Waals surface area (Å²) in [5.74, 6) is -0.155. The molecule has 1 amide bonds. The molecule has 3 aromatic rings. The Morgan fingerprint density at radius 1 is 0.973 bits per heavy atom. The van der Waals surface area contributed by atoms with Gasteiger partial charge in [-0.3, -0.25) is 14.7 Å². The molecule has 0 aliphatic carbocycles. The molecule has 3 unspecified atom stereocenters. The molecule has 0 spiro atoms. The average Bonchev–Trinajstić information content (AvgIpc) is 2.97. The summed E-state index contributed by atoms with van der Waals surface area (Å²) in [5.41, 5.74) is 4.41. The van der Waals surface area contributed by atoms with Gasteiger partial charge in [-0.25, -0.2) is 0 Å². The summed E-state index contributed by atoms with van der Waals surface area (Å²) >= 11 is 0. The molecule has 8 nitrogen and oxygen atoms in total. The maximum absolute atomic E-state index is 12.3. The van der Waals surface area contributed by atoms with Crippen LogP contribution in [0.1, 0.15) is 51.4 Å². The smallest absolute Gasteiger partial charge is 0.253 e. The molecule has 2 aliphatic rings. The third-order valence-electron chi connectivity index (χ3n) is 6.81. The van der Waals surface area contributed by atoms with Crippen molar-refractivity contribution in [1.82, 2.24) is 15.2 Å². The van der Waals surface area contributed by atoms with Gasteiger partial charge in [0.1, 0.15) is 0 Å². The van der Waals surface area contributed by atoms with E-state index in [9.17, 15) is 9.90 Å². The number of nitrogens with one attached hydrogen (secondary N) is 1. The fourth-order valence-electron chi connectivity index (χ4n) is 4.68. The first-order chi connectivity index (χ1) is 18.2. The number of rotatable bonds is 8. The molecule has 3 atom stereocenters. The third-order valence-corrected chi connectivity index (χ3v) is 6.81. The zero-order valence-corrected chi connectivity index (χ0v) is 20.8. The van der Waals surface area contributed by atoms with Crippen LogP contribution in [-0.4, -0.2) is 59.8 Å². The molecular weight excluding hydrogens is 470 g/mol. The van der Waals surface area contributed by atoms with Crippen LogP contribution in [0.25, 0.3) is 0 Å². The van der Waals surface area contributed by atoms with E-state index in [1.165, 1.54) is 0 Å². The van der Waals surface area contributed by atoms with Gasteiger partial charge >= 0.3 is 0 Å². The second-order valence-corrected chi connectivity index (χ2v) is 9.43. The number of aliphatic hydroxyl groups is 1. The maximum Gasteiger partial charge on any atom is 0.253 e. The predicted octanol–water partition coefficient (Wildman–Crippen LogP) is 3.38. The summed E-state index contributed by atoms with van der Waals surface area (Å²) in [6.45, 7) is 4.56. The predicted molar refractivity (Wildman–Crippen MR) is 138 cm³/mol. The summed E-state index contributed by atoms with van der Waals surface area (Å²) in [6.07, 6.45) is 3.35. The Morgan fingerprint density at radius 3 is 2.41 bits per heavy atom. The van der Waals surface area contributed by atoms with Crippen molar-refractivity contribution in [2.75, 3.05) is 32.8 Å². The Bertz CT molecular complexity index is 1130. The summed E-state index contributed by atoms with van der Waals surface area (Å²) in [7, 11) is 0. The van der Waals surface area contributed by atoms with Gasteiger partial charge in [-0.15, -0.1) is 0 Å². The van der Waals surface area contributed by atoms with Crippen LogP contribution >= 0.6 is 0 Å². The molecule has 1 aromatic heterocycles. The van der Waals surface area contributed by atoms with Crippen molar-refractivity contribution in [3.8, 4) is 0 Å². The first kappa shape index (κ1) is 25.5. The number of aliphatic hydroxyl groups excluding tert-OH is 1. The number of amides is 1. The summed E-state index contributed by atoms with van der Waals surface area (Å²) in [5, 5.41) is 12.3. The molecule has 0 bridgehead atoms. The lowest BCUT2D eigenvalue weighted by Gasteiger charge is -2.39. The molecule has 2 aromatic carbocycles. The minimum Gasteiger partial charge on any atom is -0.392 e. The highest BCUT2D eigenvalue weighted by Crippen LogP contribution is 2.38. The number of ether oxygens (including phenoxy) is 3. The Kier molecular flexibility index (Phi) is 8.55. The van der Waals surface area contributed by atoms with Crippen molar-refractivity contribution < 1.29 is 24.1 Å². The van der Waals surface area contributed by atoms with E-state index in [4.69, 9.17) is 14.2 Å². The van der Waals surface area contributed by atoms with Crippen LogP contribution in [0.3, 0.4) is 0 Å². The Balaban J connectivity index is 1.26. The largest absolute Gasteiger partial charge is 0.392 e. The summed E-state index contributed by atoms with van der Waals surface area (Å²) < 4.78 is 18.4. The zero-order chi connectivity index (χ0) is 25.5. The molecule has 8 heteroatoms. The van der Waals surface area contributed by atoms with Crippen LogP contribution < -0.4 is 5.32 Å². The van der Waals surface area contributed by atoms with Gasteiger partial charge in [0.15, 0.2) is 6.29 Å². The van der Waals surface area contributed by atoms with Crippen LogP contribution in [0.4, 0.5) is 0 Å². The van der Waals surface area contributed by atoms with Crippen molar-refractivity contribution in [1.29, 1.82) is 0 Å². The molecule has 37 heavy (non-hydrogen) atoms. The topological polar surface area (TPSA) is 93.2 Å². The SMILES string of the molecule is O=C(NCc1ccc(C2OC(CN3CCOCC3)CC(c3ccc(CO)cc3)O2)cc1)c1cccnc1. The van der Waals surface area contributed by atoms with Crippen LogP contribution in [0, 0.1) is 0 Å². The van der Waals surface area contributed by atoms with Gasteiger partial charge < -0.3 is 24.6 Å². The van der Waals surface area contributed by atoms with Gasteiger partial charge in [0.25, 0.3) is 5.91 Å². The Morgan fingerprint density at radius 2 is 1.70 bits per heavy atom. The van der Waals surface area contributed by atoms with Crippen LogP contribution in [-0.2, 0) is 27.4 Å². The third kappa shape index (κ3) is 6.80. The molecule has 5 rings (SSSR count). The lowest BCUT2D eigenvalue weighted by atomic mass is 9.99. The second kappa shape index (κ2) is 12.4. The first-order valence-electron chi connectivity index (χ1n) is 12.8. The van der Waals surface area contributed by atoms with E-state index in [0.29, 0.717) is 12.1 Å². The molecule has 3 heterocycles. The van der Waals surface area contributed by atoms with E-state index in [0.717, 1.165) is 61.5 Å². The number of carbonyl (C=O) groups excluding carboxylic acids is 1. The number of pyridine rings is 1. The molecule has 194 valence electrons. The fourth-order valence-corrected chi connectivity index (χ4v) is 4.68. The van der Waals surface area contributed by atoms with E-state index in [-0.39, 0.29) is 24.7 Å². The number of morpholine rings is 1. The van der Waals surface area contributed by atoms with Crippen molar-refractivity contribution >= 4 is 5.91 Å². The maximum atomic E-state index is 12.3. The highest BCUT2D eigenvalue weighted by Gasteiger charge is 2.33. The normalized spacial score (nSPS) is 22.5. The number of nitrogens with zero attached hydrogens (tertiary/aromatic N) is 2. The highest BCUT2D eigenvalue weighted by molar-refractivity contribution is 5.93. The van der Waals surface area contributed by atoms with Gasteiger partial charge in [0.05, 0.1) is 37.6 Å². The number of carbonyl (C=O) groups is 1.